The van der Waals surface area contributed by atoms with Gasteiger partial charge in [0.15, 0.2) is 5.11 Å². The van der Waals surface area contributed by atoms with E-state index in [0.29, 0.717) is 11.4 Å². The van der Waals surface area contributed by atoms with Crippen LogP contribution in [0.25, 0.3) is 0 Å². The molecule has 0 aliphatic heterocycles. The summed E-state index contributed by atoms with van der Waals surface area (Å²) in [4.78, 5) is 22.6. The Hall–Kier alpha value is -3.83. The zero-order valence-corrected chi connectivity index (χ0v) is 18.4. The van der Waals surface area contributed by atoms with E-state index in [1.165, 1.54) is 53.8 Å². The Morgan fingerprint density at radius 2 is 1.66 bits per heavy atom. The summed E-state index contributed by atoms with van der Waals surface area (Å²) in [5, 5.41) is 16.0. The van der Waals surface area contributed by atoms with Gasteiger partial charge in [0.2, 0.25) is 0 Å². The summed E-state index contributed by atoms with van der Waals surface area (Å²) in [6.45, 7) is 0. The predicted octanol–water partition coefficient (Wildman–Crippen LogP) is 3.55. The van der Waals surface area contributed by atoms with Gasteiger partial charge < -0.3 is 5.32 Å². The number of carbonyl (C=O) groups excluding carboxylic acids is 1. The minimum absolute atomic E-state index is 0.0430. The fourth-order valence-electron chi connectivity index (χ4n) is 2.74. The van der Waals surface area contributed by atoms with Gasteiger partial charge in [0.25, 0.3) is 21.6 Å². The van der Waals surface area contributed by atoms with Gasteiger partial charge in [-0.2, -0.15) is 0 Å². The molecular formula is C21H18N4O5S2. The molecule has 0 aliphatic carbocycles. The SMILES string of the molecule is CN(c1ccccc1)S(=O)(=O)c1ccc(NC(=S)NC(=O)c2cccc([N+](=O)[O-])c2)cc1. The van der Waals surface area contributed by atoms with E-state index in [2.05, 4.69) is 10.6 Å². The Labute approximate surface area is 189 Å². The van der Waals surface area contributed by atoms with Crippen molar-refractivity contribution < 1.29 is 18.1 Å². The van der Waals surface area contributed by atoms with E-state index in [1.807, 2.05) is 0 Å². The number of sulfonamides is 1. The van der Waals surface area contributed by atoms with Crippen molar-refractivity contribution in [2.24, 2.45) is 0 Å². The Bertz CT molecular complexity index is 1260. The van der Waals surface area contributed by atoms with Crippen molar-refractivity contribution in [3.63, 3.8) is 0 Å². The highest BCUT2D eigenvalue weighted by Crippen LogP contribution is 2.23. The number of anilines is 2. The molecule has 3 aromatic carbocycles. The van der Waals surface area contributed by atoms with Gasteiger partial charge >= 0.3 is 0 Å². The Morgan fingerprint density at radius 1 is 1.00 bits per heavy atom. The van der Waals surface area contributed by atoms with Crippen LogP contribution in [-0.2, 0) is 10.0 Å². The first kappa shape index (κ1) is 22.8. The van der Waals surface area contributed by atoms with Crippen LogP contribution in [0.5, 0.6) is 0 Å². The topological polar surface area (TPSA) is 122 Å². The average Bonchev–Trinajstić information content (AvgIpc) is 2.79. The minimum Gasteiger partial charge on any atom is -0.332 e. The van der Waals surface area contributed by atoms with Crippen LogP contribution in [0.3, 0.4) is 0 Å². The summed E-state index contributed by atoms with van der Waals surface area (Å²) in [6, 6.07) is 19.8. The molecule has 0 saturated carbocycles. The molecule has 0 atom stereocenters. The second-order valence-electron chi connectivity index (χ2n) is 6.55. The lowest BCUT2D eigenvalue weighted by Gasteiger charge is -2.19. The summed E-state index contributed by atoms with van der Waals surface area (Å²) in [6.07, 6.45) is 0. The number of rotatable bonds is 6. The number of nitro benzene ring substituents is 1. The Balaban J connectivity index is 1.66. The van der Waals surface area contributed by atoms with E-state index in [4.69, 9.17) is 12.2 Å². The van der Waals surface area contributed by atoms with Crippen molar-refractivity contribution in [1.82, 2.24) is 5.32 Å². The molecule has 3 aromatic rings. The molecule has 0 heterocycles. The van der Waals surface area contributed by atoms with Crippen LogP contribution in [0.4, 0.5) is 17.1 Å². The molecule has 0 bridgehead atoms. The molecule has 0 unspecified atom stereocenters. The Kier molecular flexibility index (Phi) is 6.81. The summed E-state index contributed by atoms with van der Waals surface area (Å²) in [5.41, 5.74) is 0.845. The predicted molar refractivity (Wildman–Crippen MR) is 125 cm³/mol. The number of nitrogens with one attached hydrogen (secondary N) is 2. The number of amides is 1. The average molecular weight is 471 g/mol. The van der Waals surface area contributed by atoms with Crippen molar-refractivity contribution in [3.05, 3.63) is 94.5 Å². The summed E-state index contributed by atoms with van der Waals surface area (Å²) in [7, 11) is -2.29. The summed E-state index contributed by atoms with van der Waals surface area (Å²) < 4.78 is 26.8. The highest BCUT2D eigenvalue weighted by Gasteiger charge is 2.21. The van der Waals surface area contributed by atoms with Crippen LogP contribution in [0.2, 0.25) is 0 Å². The maximum Gasteiger partial charge on any atom is 0.270 e. The number of thiocarbonyl (C=S) groups is 1. The van der Waals surface area contributed by atoms with Crippen molar-refractivity contribution in [1.29, 1.82) is 0 Å². The minimum atomic E-state index is -3.76. The van der Waals surface area contributed by atoms with Crippen LogP contribution >= 0.6 is 12.2 Å². The standard InChI is InChI=1S/C21H18N4O5S2/c1-24(17-7-3-2-4-8-17)32(29,30)19-12-10-16(11-13-19)22-21(31)23-20(26)15-6-5-9-18(14-15)25(27)28/h2-14H,1H3,(H2,22,23,26,31). The van der Waals surface area contributed by atoms with E-state index < -0.39 is 20.9 Å². The summed E-state index contributed by atoms with van der Waals surface area (Å²) >= 11 is 5.11. The van der Waals surface area contributed by atoms with E-state index in [0.717, 1.165) is 6.07 Å². The summed E-state index contributed by atoms with van der Waals surface area (Å²) in [5.74, 6) is -0.616. The van der Waals surface area contributed by atoms with Gasteiger partial charge in [-0.3, -0.25) is 24.5 Å². The first-order valence-corrected chi connectivity index (χ1v) is 11.0. The second kappa shape index (κ2) is 9.54. The van der Waals surface area contributed by atoms with Crippen molar-refractivity contribution in [2.75, 3.05) is 16.7 Å². The first-order chi connectivity index (χ1) is 15.2. The van der Waals surface area contributed by atoms with Crippen LogP contribution < -0.4 is 14.9 Å². The molecule has 0 radical (unpaired) electrons. The lowest BCUT2D eigenvalue weighted by atomic mass is 10.2. The molecule has 11 heteroatoms. The van der Waals surface area contributed by atoms with Gasteiger partial charge in [0.05, 0.1) is 15.5 Å². The molecule has 0 aromatic heterocycles. The van der Waals surface area contributed by atoms with Gasteiger partial charge in [-0.15, -0.1) is 0 Å². The monoisotopic (exact) mass is 470 g/mol. The number of hydrogen-bond donors (Lipinski definition) is 2. The third kappa shape index (κ3) is 5.25. The first-order valence-electron chi connectivity index (χ1n) is 9.19. The van der Waals surface area contributed by atoms with Crippen LogP contribution in [0.15, 0.2) is 83.8 Å². The number of non-ortho nitro benzene ring substituents is 1. The lowest BCUT2D eigenvalue weighted by molar-refractivity contribution is -0.384. The normalized spacial score (nSPS) is 10.8. The molecular weight excluding hydrogens is 452 g/mol. The van der Waals surface area contributed by atoms with Crippen LogP contribution in [-0.4, -0.2) is 31.4 Å². The Morgan fingerprint density at radius 3 is 2.28 bits per heavy atom. The molecule has 0 fully saturated rings. The van der Waals surface area contributed by atoms with Crippen molar-refractivity contribution >= 4 is 50.3 Å². The number of para-hydroxylation sites is 1. The van der Waals surface area contributed by atoms with Crippen LogP contribution in [0, 0.1) is 10.1 Å². The molecule has 0 spiro atoms. The van der Waals surface area contributed by atoms with Gasteiger partial charge in [0, 0.05) is 30.4 Å². The third-order valence-corrected chi connectivity index (χ3v) is 6.44. The second-order valence-corrected chi connectivity index (χ2v) is 8.93. The largest absolute Gasteiger partial charge is 0.332 e. The third-order valence-electron chi connectivity index (χ3n) is 4.44. The number of hydrogen-bond acceptors (Lipinski definition) is 6. The molecule has 2 N–H and O–H groups in total. The molecule has 164 valence electrons. The lowest BCUT2D eigenvalue weighted by Crippen LogP contribution is -2.34. The van der Waals surface area contributed by atoms with Gasteiger partial charge in [-0.1, -0.05) is 24.3 Å². The molecule has 1 amide bonds. The van der Waals surface area contributed by atoms with E-state index in [-0.39, 0.29) is 21.3 Å². The number of nitrogens with zero attached hydrogens (tertiary/aromatic N) is 2. The quantitative estimate of drug-likeness (QED) is 0.321. The fourth-order valence-corrected chi connectivity index (χ4v) is 4.15. The molecule has 0 saturated heterocycles. The number of benzene rings is 3. The molecule has 0 aliphatic rings. The van der Waals surface area contributed by atoms with E-state index in [9.17, 15) is 23.3 Å². The van der Waals surface area contributed by atoms with Gasteiger partial charge in [-0.25, -0.2) is 8.42 Å². The highest BCUT2D eigenvalue weighted by atomic mass is 32.2. The zero-order chi connectivity index (χ0) is 23.3. The van der Waals surface area contributed by atoms with Gasteiger partial charge in [-0.05, 0) is 54.7 Å². The maximum atomic E-state index is 12.8. The van der Waals surface area contributed by atoms with Crippen LogP contribution in [0.1, 0.15) is 10.4 Å². The van der Waals surface area contributed by atoms with E-state index in [1.54, 1.807) is 30.3 Å². The zero-order valence-electron chi connectivity index (χ0n) is 16.8. The number of carbonyl (C=O) groups is 1. The molecule has 9 nitrogen and oxygen atoms in total. The maximum absolute atomic E-state index is 12.8. The molecule has 32 heavy (non-hydrogen) atoms. The smallest absolute Gasteiger partial charge is 0.270 e. The fraction of sp³-hybridized carbons (Fsp3) is 0.0476. The van der Waals surface area contributed by atoms with E-state index >= 15 is 0 Å². The van der Waals surface area contributed by atoms with Gasteiger partial charge in [0.1, 0.15) is 0 Å². The number of nitro groups is 1. The van der Waals surface area contributed by atoms with Crippen molar-refractivity contribution in [3.8, 4) is 0 Å². The molecule has 3 rings (SSSR count). The van der Waals surface area contributed by atoms with Crippen molar-refractivity contribution in [2.45, 2.75) is 4.90 Å². The highest BCUT2D eigenvalue weighted by molar-refractivity contribution is 7.92.